The van der Waals surface area contributed by atoms with Gasteiger partial charge >= 0.3 is 5.97 Å². The zero-order chi connectivity index (χ0) is 29.1. The maximum Gasteiger partial charge on any atom is 0.303 e. The number of aliphatic hydroxyl groups excluding tert-OH is 1. The summed E-state index contributed by atoms with van der Waals surface area (Å²) in [6, 6.07) is 17.3. The molecule has 1 aromatic heterocycles. The Morgan fingerprint density at radius 3 is 2.45 bits per heavy atom. The first kappa shape index (κ1) is 30.4. The van der Waals surface area contributed by atoms with Crippen LogP contribution in [0.3, 0.4) is 0 Å². The Hall–Kier alpha value is -2.56. The number of rotatable bonds is 13. The summed E-state index contributed by atoms with van der Waals surface area (Å²) in [6.07, 6.45) is 2.74. The Kier molecular flexibility index (Phi) is 9.52. The minimum atomic E-state index is -3.82. The number of sulfonamides is 1. The number of nitrogens with zero attached hydrogens (tertiary/aromatic N) is 1. The molecule has 0 bridgehead atoms. The largest absolute Gasteiger partial charge is 0.481 e. The van der Waals surface area contributed by atoms with E-state index in [2.05, 4.69) is 43.4 Å². The Bertz CT molecular complexity index is 1420. The van der Waals surface area contributed by atoms with Crippen molar-refractivity contribution in [2.75, 3.05) is 20.1 Å². The molecule has 7 nitrogen and oxygen atoms in total. The van der Waals surface area contributed by atoms with Gasteiger partial charge in [-0.3, -0.25) is 4.79 Å². The minimum Gasteiger partial charge on any atom is -0.481 e. The number of aryl methyl sites for hydroxylation is 2. The van der Waals surface area contributed by atoms with Crippen molar-refractivity contribution in [3.8, 4) is 10.4 Å². The second kappa shape index (κ2) is 12.5. The molecule has 216 valence electrons. The normalized spacial score (nSPS) is 14.9. The van der Waals surface area contributed by atoms with E-state index in [-0.39, 0.29) is 23.4 Å². The van der Waals surface area contributed by atoms with Crippen molar-refractivity contribution in [2.24, 2.45) is 5.92 Å². The third-order valence-corrected chi connectivity index (χ3v) is 10.7. The van der Waals surface area contributed by atoms with Gasteiger partial charge in [-0.1, -0.05) is 36.4 Å². The lowest BCUT2D eigenvalue weighted by Crippen LogP contribution is -2.47. The molecule has 0 amide bonds. The van der Waals surface area contributed by atoms with Gasteiger partial charge in [0, 0.05) is 35.4 Å². The summed E-state index contributed by atoms with van der Waals surface area (Å²) in [7, 11) is -2.33. The molecule has 0 saturated heterocycles. The summed E-state index contributed by atoms with van der Waals surface area (Å²) >= 11 is 1.49. The van der Waals surface area contributed by atoms with Crippen LogP contribution in [0.25, 0.3) is 10.4 Å². The number of benzene rings is 2. The number of carbonyl (C=O) groups is 1. The molecular weight excluding hydrogens is 544 g/mol. The standard InChI is InChI=1S/C31H40N2O5S2/c1-21-14-27(12-13-29(35)36)39-30(21)25-10-7-11-28(17-25)40(37,38)33(4)20-26(34)19-32-31(2,3)18-22-15-23-8-5-6-9-24(23)16-22/h5-11,14,17,22,26,32,34H,12-13,15-16,18-20H2,1-4H3,(H,35,36). The Morgan fingerprint density at radius 2 is 1.80 bits per heavy atom. The number of hydrogen-bond donors (Lipinski definition) is 3. The molecule has 9 heteroatoms. The van der Waals surface area contributed by atoms with Crippen LogP contribution in [0.5, 0.6) is 0 Å². The molecule has 1 aliphatic carbocycles. The van der Waals surface area contributed by atoms with Gasteiger partial charge in [0.05, 0.1) is 17.4 Å². The van der Waals surface area contributed by atoms with Gasteiger partial charge < -0.3 is 15.5 Å². The fourth-order valence-electron chi connectivity index (χ4n) is 5.61. The highest BCUT2D eigenvalue weighted by Gasteiger charge is 2.29. The van der Waals surface area contributed by atoms with Crippen LogP contribution in [0.15, 0.2) is 59.5 Å². The molecule has 1 heterocycles. The summed E-state index contributed by atoms with van der Waals surface area (Å²) in [6.45, 7) is 6.48. The van der Waals surface area contributed by atoms with Gasteiger partial charge in [0.2, 0.25) is 10.0 Å². The van der Waals surface area contributed by atoms with Crippen LogP contribution >= 0.6 is 11.3 Å². The number of β-amino-alcohol motifs (C(OH)–C–C–N with tert-alkyl or cyclic N) is 1. The van der Waals surface area contributed by atoms with Gasteiger partial charge in [0.15, 0.2) is 0 Å². The van der Waals surface area contributed by atoms with Crippen LogP contribution in [0.4, 0.5) is 0 Å². The Morgan fingerprint density at radius 1 is 1.12 bits per heavy atom. The fraction of sp³-hybridized carbons (Fsp3) is 0.452. The van der Waals surface area contributed by atoms with Gasteiger partial charge in [0.25, 0.3) is 0 Å². The molecule has 3 aromatic rings. The van der Waals surface area contributed by atoms with E-state index >= 15 is 0 Å². The number of thiophene rings is 1. The van der Waals surface area contributed by atoms with E-state index in [1.165, 1.54) is 33.8 Å². The third kappa shape index (κ3) is 7.59. The summed E-state index contributed by atoms with van der Waals surface area (Å²) in [5, 5.41) is 23.2. The molecule has 0 saturated carbocycles. The maximum atomic E-state index is 13.4. The zero-order valence-corrected chi connectivity index (χ0v) is 25.3. The van der Waals surface area contributed by atoms with Gasteiger partial charge in [-0.2, -0.15) is 4.31 Å². The Labute approximate surface area is 241 Å². The molecule has 40 heavy (non-hydrogen) atoms. The molecule has 3 N–H and O–H groups in total. The average Bonchev–Trinajstić information content (AvgIpc) is 3.48. The van der Waals surface area contributed by atoms with Crippen molar-refractivity contribution < 1.29 is 23.4 Å². The van der Waals surface area contributed by atoms with Crippen molar-refractivity contribution in [3.63, 3.8) is 0 Å². The number of hydrogen-bond acceptors (Lipinski definition) is 6. The highest BCUT2D eigenvalue weighted by Crippen LogP contribution is 2.35. The van der Waals surface area contributed by atoms with E-state index < -0.39 is 22.1 Å². The number of aliphatic hydroxyl groups is 1. The number of fused-ring (bicyclic) bond motifs is 1. The van der Waals surface area contributed by atoms with Crippen molar-refractivity contribution in [1.29, 1.82) is 0 Å². The van der Waals surface area contributed by atoms with Crippen LogP contribution in [0.1, 0.15) is 48.3 Å². The number of likely N-dealkylation sites (N-methyl/N-ethyl adjacent to an activating group) is 1. The summed E-state index contributed by atoms with van der Waals surface area (Å²) < 4.78 is 28.0. The third-order valence-electron chi connectivity index (χ3n) is 7.58. The van der Waals surface area contributed by atoms with Crippen molar-refractivity contribution in [3.05, 3.63) is 76.2 Å². The lowest BCUT2D eigenvalue weighted by Gasteiger charge is -2.31. The molecule has 0 spiro atoms. The molecule has 0 aliphatic heterocycles. The van der Waals surface area contributed by atoms with Crippen molar-refractivity contribution >= 4 is 27.3 Å². The maximum absolute atomic E-state index is 13.4. The van der Waals surface area contributed by atoms with Gasteiger partial charge in [-0.05, 0) is 92.8 Å². The molecule has 0 radical (unpaired) electrons. The summed E-state index contributed by atoms with van der Waals surface area (Å²) in [5.74, 6) is -0.294. The van der Waals surface area contributed by atoms with Crippen molar-refractivity contribution in [1.82, 2.24) is 9.62 Å². The monoisotopic (exact) mass is 584 g/mol. The number of carboxylic acids is 1. The summed E-state index contributed by atoms with van der Waals surface area (Å²) in [4.78, 5) is 13.0. The number of aliphatic carboxylic acids is 1. The molecule has 4 rings (SSSR count). The second-order valence-corrected chi connectivity index (χ2v) is 14.8. The summed E-state index contributed by atoms with van der Waals surface area (Å²) in [5.41, 5.74) is 4.41. The second-order valence-electron chi connectivity index (χ2n) is 11.6. The highest BCUT2D eigenvalue weighted by atomic mass is 32.2. The van der Waals surface area contributed by atoms with Crippen LogP contribution in [0, 0.1) is 12.8 Å². The predicted molar refractivity (Wildman–Crippen MR) is 160 cm³/mol. The molecular formula is C31H40N2O5S2. The first-order valence-electron chi connectivity index (χ1n) is 13.7. The quantitative estimate of drug-likeness (QED) is 0.264. The minimum absolute atomic E-state index is 0.0259. The zero-order valence-electron chi connectivity index (χ0n) is 23.7. The highest BCUT2D eigenvalue weighted by molar-refractivity contribution is 7.89. The van der Waals surface area contributed by atoms with Crippen LogP contribution in [-0.4, -0.2) is 60.7 Å². The van der Waals surface area contributed by atoms with E-state index in [0.29, 0.717) is 18.9 Å². The van der Waals surface area contributed by atoms with Gasteiger partial charge in [-0.25, -0.2) is 8.42 Å². The average molecular weight is 585 g/mol. The molecule has 1 atom stereocenters. The predicted octanol–water partition coefficient (Wildman–Crippen LogP) is 4.90. The lowest BCUT2D eigenvalue weighted by molar-refractivity contribution is -0.136. The van der Waals surface area contributed by atoms with Crippen LogP contribution in [0.2, 0.25) is 0 Å². The molecule has 1 aliphatic rings. The van der Waals surface area contributed by atoms with Gasteiger partial charge in [-0.15, -0.1) is 11.3 Å². The fourth-order valence-corrected chi connectivity index (χ4v) is 8.03. The molecule has 1 unspecified atom stereocenters. The first-order chi connectivity index (χ1) is 18.8. The molecule has 2 aromatic carbocycles. The number of nitrogens with one attached hydrogen (secondary N) is 1. The number of carboxylic acid groups (broad SMARTS) is 1. The lowest BCUT2D eigenvalue weighted by atomic mass is 9.88. The molecule has 0 fully saturated rings. The van der Waals surface area contributed by atoms with E-state index in [4.69, 9.17) is 5.11 Å². The first-order valence-corrected chi connectivity index (χ1v) is 16.0. The SMILES string of the molecule is Cc1cc(CCC(=O)O)sc1-c1cccc(S(=O)(=O)N(C)CC(O)CNC(C)(C)CC2Cc3ccccc3C2)c1. The van der Waals surface area contributed by atoms with E-state index in [1.807, 2.05) is 19.1 Å². The smallest absolute Gasteiger partial charge is 0.303 e. The van der Waals surface area contributed by atoms with Gasteiger partial charge in [0.1, 0.15) is 0 Å². The van der Waals surface area contributed by atoms with Crippen molar-refractivity contribution in [2.45, 2.75) is 69.4 Å². The topological polar surface area (TPSA) is 107 Å². The van der Waals surface area contributed by atoms with E-state index in [0.717, 1.165) is 40.1 Å². The van der Waals surface area contributed by atoms with Crippen LogP contribution in [-0.2, 0) is 34.1 Å². The van der Waals surface area contributed by atoms with E-state index in [9.17, 15) is 18.3 Å². The Balaban J connectivity index is 1.34. The van der Waals surface area contributed by atoms with Crippen LogP contribution < -0.4 is 5.32 Å². The van der Waals surface area contributed by atoms with E-state index in [1.54, 1.807) is 18.2 Å².